The van der Waals surface area contributed by atoms with Gasteiger partial charge in [-0.2, -0.15) is 0 Å². The van der Waals surface area contributed by atoms with Crippen molar-refractivity contribution in [1.82, 2.24) is 4.90 Å². The number of nitrogens with zero attached hydrogens (tertiary/aromatic N) is 1. The van der Waals surface area contributed by atoms with Gasteiger partial charge in [0.1, 0.15) is 12.4 Å². The Bertz CT molecular complexity index is 716. The minimum atomic E-state index is 0.639. The third-order valence-electron chi connectivity index (χ3n) is 4.36. The average Bonchev–Trinajstić information content (AvgIpc) is 2.71. The van der Waals surface area contributed by atoms with Crippen molar-refractivity contribution in [3.8, 4) is 5.75 Å². The van der Waals surface area contributed by atoms with Gasteiger partial charge in [-0.3, -0.25) is 0 Å². The zero-order valence-corrected chi connectivity index (χ0v) is 14.3. The van der Waals surface area contributed by atoms with Crippen LogP contribution < -0.4 is 4.74 Å². The third kappa shape index (κ3) is 3.48. The minimum Gasteiger partial charge on any atom is -0.488 e. The van der Waals surface area contributed by atoms with Crippen LogP contribution >= 0.6 is 0 Å². The summed E-state index contributed by atoms with van der Waals surface area (Å²) in [5, 5.41) is 0. The van der Waals surface area contributed by atoms with Gasteiger partial charge in [-0.05, 0) is 61.3 Å². The Balaban J connectivity index is 2.10. The normalized spacial score (nSPS) is 15.0. The van der Waals surface area contributed by atoms with E-state index in [-0.39, 0.29) is 0 Å². The monoisotopic (exact) mass is 307 g/mol. The summed E-state index contributed by atoms with van der Waals surface area (Å²) in [6.07, 6.45) is 4.44. The average molecular weight is 307 g/mol. The summed E-state index contributed by atoms with van der Waals surface area (Å²) in [7, 11) is 4.23. The van der Waals surface area contributed by atoms with Crippen LogP contribution in [0.2, 0.25) is 0 Å². The van der Waals surface area contributed by atoms with Crippen molar-refractivity contribution in [3.05, 3.63) is 70.8 Å². The van der Waals surface area contributed by atoms with E-state index in [1.807, 2.05) is 0 Å². The molecule has 2 nitrogen and oxygen atoms in total. The standard InChI is InChI=1S/C21H25NO/c1-4-16-11-12-21-20(14-16)19(10-7-13-22(2)3)18-9-6-5-8-17(18)15-23-21/h5-6,8-12,14H,4,7,13,15H2,1-3H3. The highest BCUT2D eigenvalue weighted by molar-refractivity contribution is 5.85. The molecule has 0 atom stereocenters. The van der Waals surface area contributed by atoms with E-state index in [1.165, 1.54) is 27.8 Å². The second-order valence-electron chi connectivity index (χ2n) is 6.34. The Labute approximate surface area is 139 Å². The second-order valence-corrected chi connectivity index (χ2v) is 6.34. The van der Waals surface area contributed by atoms with E-state index in [4.69, 9.17) is 4.74 Å². The maximum absolute atomic E-state index is 6.08. The van der Waals surface area contributed by atoms with Gasteiger partial charge in [0.15, 0.2) is 0 Å². The van der Waals surface area contributed by atoms with E-state index in [9.17, 15) is 0 Å². The summed E-state index contributed by atoms with van der Waals surface area (Å²) in [6.45, 7) is 3.89. The van der Waals surface area contributed by atoms with Crippen LogP contribution in [0.1, 0.15) is 35.6 Å². The molecule has 2 aromatic carbocycles. The second kappa shape index (κ2) is 7.01. The summed E-state index contributed by atoms with van der Waals surface area (Å²) in [5.41, 5.74) is 6.46. The molecule has 0 N–H and O–H groups in total. The van der Waals surface area contributed by atoms with Gasteiger partial charge in [0.25, 0.3) is 0 Å². The number of hydrogen-bond donors (Lipinski definition) is 0. The van der Waals surface area contributed by atoms with Crippen molar-refractivity contribution in [2.45, 2.75) is 26.4 Å². The first kappa shape index (κ1) is 15.8. The molecule has 0 saturated carbocycles. The maximum atomic E-state index is 6.08. The fraction of sp³-hybridized carbons (Fsp3) is 0.333. The van der Waals surface area contributed by atoms with E-state index in [0.29, 0.717) is 6.61 Å². The van der Waals surface area contributed by atoms with Crippen molar-refractivity contribution >= 4 is 5.57 Å². The lowest BCUT2D eigenvalue weighted by Gasteiger charge is -2.13. The van der Waals surface area contributed by atoms with Crippen molar-refractivity contribution in [2.75, 3.05) is 20.6 Å². The van der Waals surface area contributed by atoms with Gasteiger partial charge in [-0.25, -0.2) is 0 Å². The van der Waals surface area contributed by atoms with Gasteiger partial charge >= 0.3 is 0 Å². The largest absolute Gasteiger partial charge is 0.488 e. The lowest BCUT2D eigenvalue weighted by molar-refractivity contribution is 0.307. The van der Waals surface area contributed by atoms with Crippen molar-refractivity contribution in [3.63, 3.8) is 0 Å². The fourth-order valence-electron chi connectivity index (χ4n) is 3.03. The molecule has 0 bridgehead atoms. The molecule has 1 aliphatic heterocycles. The highest BCUT2D eigenvalue weighted by atomic mass is 16.5. The van der Waals surface area contributed by atoms with E-state index in [2.05, 4.69) is 74.5 Å². The highest BCUT2D eigenvalue weighted by Gasteiger charge is 2.18. The smallest absolute Gasteiger partial charge is 0.127 e. The number of aryl methyl sites for hydroxylation is 1. The number of ether oxygens (including phenoxy) is 1. The molecule has 120 valence electrons. The molecule has 23 heavy (non-hydrogen) atoms. The van der Waals surface area contributed by atoms with Gasteiger partial charge < -0.3 is 9.64 Å². The summed E-state index contributed by atoms with van der Waals surface area (Å²) in [6, 6.07) is 15.2. The lowest BCUT2D eigenvalue weighted by atomic mass is 9.92. The third-order valence-corrected chi connectivity index (χ3v) is 4.36. The Morgan fingerprint density at radius 1 is 1.09 bits per heavy atom. The number of benzene rings is 2. The predicted molar refractivity (Wildman–Crippen MR) is 96.8 cm³/mol. The Hall–Kier alpha value is -2.06. The Morgan fingerprint density at radius 3 is 2.70 bits per heavy atom. The van der Waals surface area contributed by atoms with Gasteiger partial charge in [-0.15, -0.1) is 0 Å². The molecule has 0 aromatic heterocycles. The molecule has 0 fully saturated rings. The summed E-state index contributed by atoms with van der Waals surface area (Å²) in [4.78, 5) is 2.22. The highest BCUT2D eigenvalue weighted by Crippen LogP contribution is 2.37. The molecule has 1 heterocycles. The Morgan fingerprint density at radius 2 is 1.91 bits per heavy atom. The molecule has 0 amide bonds. The summed E-state index contributed by atoms with van der Waals surface area (Å²) >= 11 is 0. The van der Waals surface area contributed by atoms with Gasteiger partial charge in [0.2, 0.25) is 0 Å². The molecule has 2 aromatic rings. The number of fused-ring (bicyclic) bond motifs is 2. The maximum Gasteiger partial charge on any atom is 0.127 e. The fourth-order valence-corrected chi connectivity index (χ4v) is 3.03. The molecule has 3 rings (SSSR count). The van der Waals surface area contributed by atoms with Gasteiger partial charge in [0.05, 0.1) is 0 Å². The lowest BCUT2D eigenvalue weighted by Crippen LogP contribution is -2.12. The molecule has 1 aliphatic rings. The zero-order chi connectivity index (χ0) is 16.2. The molecular formula is C21H25NO. The van der Waals surface area contributed by atoms with Gasteiger partial charge in [-0.1, -0.05) is 43.3 Å². The van der Waals surface area contributed by atoms with Crippen LogP contribution in [0.5, 0.6) is 5.75 Å². The topological polar surface area (TPSA) is 12.5 Å². The number of hydrogen-bond acceptors (Lipinski definition) is 2. The van der Waals surface area contributed by atoms with Crippen molar-refractivity contribution in [1.29, 1.82) is 0 Å². The van der Waals surface area contributed by atoms with E-state index >= 15 is 0 Å². The summed E-state index contributed by atoms with van der Waals surface area (Å²) < 4.78 is 6.08. The van der Waals surface area contributed by atoms with Crippen molar-refractivity contribution < 1.29 is 4.74 Å². The van der Waals surface area contributed by atoms with Crippen LogP contribution in [-0.2, 0) is 13.0 Å². The molecule has 0 saturated heterocycles. The molecule has 0 aliphatic carbocycles. The van der Waals surface area contributed by atoms with Crippen LogP contribution in [0.4, 0.5) is 0 Å². The SMILES string of the molecule is CCc1ccc2c(c1)C(=CCCN(C)C)c1ccccc1CO2. The summed E-state index contributed by atoms with van der Waals surface area (Å²) in [5.74, 6) is 0.995. The Kier molecular flexibility index (Phi) is 4.82. The zero-order valence-electron chi connectivity index (χ0n) is 14.3. The van der Waals surface area contributed by atoms with Crippen LogP contribution in [0.15, 0.2) is 48.5 Å². The van der Waals surface area contributed by atoms with Crippen LogP contribution in [-0.4, -0.2) is 25.5 Å². The van der Waals surface area contributed by atoms with E-state index in [0.717, 1.165) is 25.1 Å². The minimum absolute atomic E-state index is 0.639. The predicted octanol–water partition coefficient (Wildman–Crippen LogP) is 4.52. The van der Waals surface area contributed by atoms with E-state index in [1.54, 1.807) is 0 Å². The molecule has 2 heteroatoms. The first-order valence-corrected chi connectivity index (χ1v) is 8.38. The quantitative estimate of drug-likeness (QED) is 0.823. The molecule has 0 unspecified atom stereocenters. The van der Waals surface area contributed by atoms with Crippen LogP contribution in [0.25, 0.3) is 5.57 Å². The van der Waals surface area contributed by atoms with Crippen LogP contribution in [0.3, 0.4) is 0 Å². The van der Waals surface area contributed by atoms with E-state index < -0.39 is 0 Å². The molecular weight excluding hydrogens is 282 g/mol. The van der Waals surface area contributed by atoms with Gasteiger partial charge in [0, 0.05) is 12.1 Å². The molecule has 0 radical (unpaired) electrons. The first-order valence-electron chi connectivity index (χ1n) is 8.38. The number of rotatable bonds is 4. The van der Waals surface area contributed by atoms with Crippen LogP contribution in [0, 0.1) is 0 Å². The molecule has 0 spiro atoms. The first-order chi connectivity index (χ1) is 11.2. The van der Waals surface area contributed by atoms with Crippen molar-refractivity contribution in [2.24, 2.45) is 0 Å².